The summed E-state index contributed by atoms with van der Waals surface area (Å²) < 4.78 is 38.3. The van der Waals surface area contributed by atoms with Gasteiger partial charge in [0.25, 0.3) is 5.89 Å². The highest BCUT2D eigenvalue weighted by Crippen LogP contribution is 2.36. The molecule has 3 rings (SSSR count). The quantitative estimate of drug-likeness (QED) is 0.742. The van der Waals surface area contributed by atoms with E-state index in [1.807, 2.05) is 0 Å². The first-order chi connectivity index (χ1) is 12.2. The largest absolute Gasteiger partial charge is 0.495 e. The molecule has 2 aromatic rings. The first-order valence-electron chi connectivity index (χ1n) is 8.59. The lowest BCUT2D eigenvalue weighted by Crippen LogP contribution is -2.34. The Morgan fingerprint density at radius 3 is 2.56 bits per heavy atom. The molecule has 0 atom stereocenters. The second-order valence-electron chi connectivity index (χ2n) is 6.93. The molecule has 0 spiro atoms. The SMILES string of the molecule is COc1ccc(-c2nc(C3(N)CCCC3)no2)cc1S(=O)(=O)NC(C)C.Cl. The highest BCUT2D eigenvalue weighted by molar-refractivity contribution is 7.89. The Bertz CT molecular complexity index is 892. The summed E-state index contributed by atoms with van der Waals surface area (Å²) in [4.78, 5) is 4.44. The number of hydrogen-bond acceptors (Lipinski definition) is 7. The number of benzene rings is 1. The second-order valence-corrected chi connectivity index (χ2v) is 8.61. The fourth-order valence-electron chi connectivity index (χ4n) is 3.17. The van der Waals surface area contributed by atoms with Gasteiger partial charge in [0.1, 0.15) is 10.6 Å². The first-order valence-corrected chi connectivity index (χ1v) is 10.1. The molecule has 1 saturated carbocycles. The van der Waals surface area contributed by atoms with Crippen LogP contribution in [0.1, 0.15) is 45.4 Å². The standard InChI is InChI=1S/C17H24N4O4S.ClH/c1-11(2)21-26(22,23)14-10-12(6-7-13(14)24-3)15-19-16(20-25-15)17(18)8-4-5-9-17;/h6-7,10-11,21H,4-5,8-9,18H2,1-3H3;1H. The molecule has 1 aliphatic rings. The Hall–Kier alpha value is -1.68. The summed E-state index contributed by atoms with van der Waals surface area (Å²) in [7, 11) is -2.32. The van der Waals surface area contributed by atoms with E-state index in [2.05, 4.69) is 14.9 Å². The highest BCUT2D eigenvalue weighted by atomic mass is 35.5. The van der Waals surface area contributed by atoms with Crippen LogP contribution in [-0.2, 0) is 15.6 Å². The van der Waals surface area contributed by atoms with Gasteiger partial charge in [0.15, 0.2) is 5.82 Å². The number of nitrogens with one attached hydrogen (secondary N) is 1. The summed E-state index contributed by atoms with van der Waals surface area (Å²) in [6.07, 6.45) is 3.69. The van der Waals surface area contributed by atoms with Gasteiger partial charge in [-0.1, -0.05) is 18.0 Å². The van der Waals surface area contributed by atoms with Crippen molar-refractivity contribution in [3.05, 3.63) is 24.0 Å². The van der Waals surface area contributed by atoms with E-state index in [0.29, 0.717) is 11.4 Å². The first kappa shape index (κ1) is 21.6. The Balaban J connectivity index is 0.00000261. The lowest BCUT2D eigenvalue weighted by atomic mass is 9.99. The van der Waals surface area contributed by atoms with E-state index < -0.39 is 15.6 Å². The molecule has 27 heavy (non-hydrogen) atoms. The second kappa shape index (κ2) is 8.14. The summed E-state index contributed by atoms with van der Waals surface area (Å²) in [5, 5.41) is 4.02. The summed E-state index contributed by atoms with van der Waals surface area (Å²) in [6.45, 7) is 3.50. The van der Waals surface area contributed by atoms with Gasteiger partial charge < -0.3 is 15.0 Å². The average molecular weight is 417 g/mol. The number of sulfonamides is 1. The van der Waals surface area contributed by atoms with Crippen LogP contribution in [0.15, 0.2) is 27.6 Å². The summed E-state index contributed by atoms with van der Waals surface area (Å²) >= 11 is 0. The molecule has 0 saturated heterocycles. The monoisotopic (exact) mass is 416 g/mol. The van der Waals surface area contributed by atoms with Gasteiger partial charge in [-0.15, -0.1) is 12.4 Å². The normalized spacial score (nSPS) is 16.3. The van der Waals surface area contributed by atoms with Crippen molar-refractivity contribution in [2.24, 2.45) is 5.73 Å². The van der Waals surface area contributed by atoms with Crippen molar-refractivity contribution in [1.29, 1.82) is 0 Å². The van der Waals surface area contributed by atoms with E-state index in [9.17, 15) is 8.42 Å². The zero-order valence-corrected chi connectivity index (χ0v) is 17.2. The van der Waals surface area contributed by atoms with Crippen molar-refractivity contribution in [2.75, 3.05) is 7.11 Å². The van der Waals surface area contributed by atoms with Crippen LogP contribution in [-0.4, -0.2) is 31.7 Å². The van der Waals surface area contributed by atoms with Crippen molar-refractivity contribution in [2.45, 2.75) is 56.0 Å². The lowest BCUT2D eigenvalue weighted by molar-refractivity contribution is 0.372. The molecule has 0 aliphatic heterocycles. The van der Waals surface area contributed by atoms with Gasteiger partial charge in [0, 0.05) is 11.6 Å². The molecule has 1 fully saturated rings. The maximum absolute atomic E-state index is 12.6. The maximum Gasteiger partial charge on any atom is 0.258 e. The number of methoxy groups -OCH3 is 1. The molecule has 10 heteroatoms. The van der Waals surface area contributed by atoms with E-state index in [0.717, 1.165) is 25.7 Å². The van der Waals surface area contributed by atoms with Gasteiger partial charge in [-0.25, -0.2) is 13.1 Å². The zero-order valence-electron chi connectivity index (χ0n) is 15.6. The number of nitrogens with two attached hydrogens (primary N) is 1. The van der Waals surface area contributed by atoms with Crippen molar-refractivity contribution >= 4 is 22.4 Å². The molecular weight excluding hydrogens is 392 g/mol. The minimum Gasteiger partial charge on any atom is -0.495 e. The van der Waals surface area contributed by atoms with Gasteiger partial charge in [0.2, 0.25) is 10.0 Å². The van der Waals surface area contributed by atoms with Gasteiger partial charge in [-0.2, -0.15) is 4.98 Å². The number of hydrogen-bond donors (Lipinski definition) is 2. The molecular formula is C17H25ClN4O4S. The van der Waals surface area contributed by atoms with E-state index in [-0.39, 0.29) is 35.0 Å². The van der Waals surface area contributed by atoms with E-state index in [4.69, 9.17) is 15.0 Å². The molecule has 0 amide bonds. The third kappa shape index (κ3) is 4.43. The molecule has 0 bridgehead atoms. The predicted molar refractivity (Wildman–Crippen MR) is 103 cm³/mol. The van der Waals surface area contributed by atoms with Crippen molar-refractivity contribution < 1.29 is 17.7 Å². The van der Waals surface area contributed by atoms with Crippen LogP contribution in [0.3, 0.4) is 0 Å². The fraction of sp³-hybridized carbons (Fsp3) is 0.529. The van der Waals surface area contributed by atoms with Crippen LogP contribution in [0.25, 0.3) is 11.5 Å². The number of rotatable bonds is 6. The molecule has 1 heterocycles. The number of halogens is 1. The average Bonchev–Trinajstić information content (AvgIpc) is 3.23. The van der Waals surface area contributed by atoms with Crippen molar-refractivity contribution in [3.63, 3.8) is 0 Å². The van der Waals surface area contributed by atoms with E-state index in [1.165, 1.54) is 13.2 Å². The number of nitrogens with zero attached hydrogens (tertiary/aromatic N) is 2. The molecule has 150 valence electrons. The molecule has 0 unspecified atom stereocenters. The van der Waals surface area contributed by atoms with Crippen LogP contribution < -0.4 is 15.2 Å². The Kier molecular flexibility index (Phi) is 6.51. The summed E-state index contributed by atoms with van der Waals surface area (Å²) in [6, 6.07) is 4.48. The van der Waals surface area contributed by atoms with Gasteiger partial charge in [0.05, 0.1) is 12.6 Å². The summed E-state index contributed by atoms with van der Waals surface area (Å²) in [5.41, 5.74) is 6.29. The number of ether oxygens (including phenoxy) is 1. The van der Waals surface area contributed by atoms with Gasteiger partial charge in [-0.3, -0.25) is 0 Å². The van der Waals surface area contributed by atoms with Gasteiger partial charge in [-0.05, 0) is 44.9 Å². The van der Waals surface area contributed by atoms with E-state index >= 15 is 0 Å². The van der Waals surface area contributed by atoms with Gasteiger partial charge >= 0.3 is 0 Å². The fourth-order valence-corrected chi connectivity index (χ4v) is 4.61. The molecule has 3 N–H and O–H groups in total. The van der Waals surface area contributed by atoms with Crippen LogP contribution in [0, 0.1) is 0 Å². The Morgan fingerprint density at radius 2 is 1.96 bits per heavy atom. The molecule has 1 aromatic carbocycles. The smallest absolute Gasteiger partial charge is 0.258 e. The maximum atomic E-state index is 12.6. The molecule has 8 nitrogen and oxygen atoms in total. The third-order valence-corrected chi connectivity index (χ3v) is 6.14. The molecule has 1 aromatic heterocycles. The Morgan fingerprint density at radius 1 is 1.30 bits per heavy atom. The molecule has 0 radical (unpaired) electrons. The van der Waals surface area contributed by atoms with Crippen molar-refractivity contribution in [1.82, 2.24) is 14.9 Å². The summed E-state index contributed by atoms with van der Waals surface area (Å²) in [5.74, 6) is 0.943. The zero-order chi connectivity index (χ0) is 18.9. The van der Waals surface area contributed by atoms with Crippen LogP contribution in [0.5, 0.6) is 5.75 Å². The highest BCUT2D eigenvalue weighted by Gasteiger charge is 2.36. The van der Waals surface area contributed by atoms with Crippen LogP contribution >= 0.6 is 12.4 Å². The van der Waals surface area contributed by atoms with Crippen LogP contribution in [0.2, 0.25) is 0 Å². The minimum atomic E-state index is -3.74. The van der Waals surface area contributed by atoms with Crippen LogP contribution in [0.4, 0.5) is 0 Å². The van der Waals surface area contributed by atoms with Crippen molar-refractivity contribution in [3.8, 4) is 17.2 Å². The lowest BCUT2D eigenvalue weighted by Gasteiger charge is -2.17. The third-order valence-electron chi connectivity index (χ3n) is 4.46. The number of aromatic nitrogens is 2. The van der Waals surface area contributed by atoms with E-state index in [1.54, 1.807) is 26.0 Å². The minimum absolute atomic E-state index is 0. The topological polar surface area (TPSA) is 120 Å². The molecule has 1 aliphatic carbocycles. The predicted octanol–water partition coefficient (Wildman–Crippen LogP) is 2.58. The Labute approximate surface area is 165 Å².